The van der Waals surface area contributed by atoms with Crippen molar-refractivity contribution in [1.82, 2.24) is 9.55 Å². The number of methoxy groups -OCH3 is 1. The van der Waals surface area contributed by atoms with Crippen LogP contribution in [0.15, 0.2) is 24.5 Å². The zero-order valence-electron chi connectivity index (χ0n) is 12.8. The minimum atomic E-state index is -0.428. The molecular weight excluding hydrogens is 268 g/mol. The summed E-state index contributed by atoms with van der Waals surface area (Å²) < 4.78 is 6.74. The van der Waals surface area contributed by atoms with Crippen LogP contribution in [-0.4, -0.2) is 29.7 Å². The van der Waals surface area contributed by atoms with Gasteiger partial charge in [0.05, 0.1) is 19.2 Å². The fraction of sp³-hybridized carbons (Fsp3) is 0.333. The SMILES string of the molecule is COC(=O)c1cc(N(C)Cc2nccn2C)cc(C)c1N. The maximum absolute atomic E-state index is 11.8. The van der Waals surface area contributed by atoms with Gasteiger partial charge in [-0.15, -0.1) is 0 Å². The number of carbonyl (C=O) groups is 1. The number of nitrogens with two attached hydrogens (primary N) is 1. The van der Waals surface area contributed by atoms with E-state index in [1.54, 1.807) is 12.3 Å². The number of aromatic nitrogens is 2. The van der Waals surface area contributed by atoms with Gasteiger partial charge in [0.25, 0.3) is 0 Å². The van der Waals surface area contributed by atoms with Gasteiger partial charge in [0.2, 0.25) is 0 Å². The molecule has 0 bridgehead atoms. The predicted octanol–water partition coefficient (Wildman–Crippen LogP) is 1.73. The lowest BCUT2D eigenvalue weighted by atomic mass is 10.1. The molecule has 0 radical (unpaired) electrons. The second kappa shape index (κ2) is 5.87. The first-order valence-electron chi connectivity index (χ1n) is 6.59. The summed E-state index contributed by atoms with van der Waals surface area (Å²) in [4.78, 5) is 18.1. The van der Waals surface area contributed by atoms with Gasteiger partial charge in [-0.1, -0.05) is 0 Å². The Labute approximate surface area is 124 Å². The van der Waals surface area contributed by atoms with Gasteiger partial charge in [-0.3, -0.25) is 0 Å². The Morgan fingerprint density at radius 2 is 2.19 bits per heavy atom. The van der Waals surface area contributed by atoms with E-state index < -0.39 is 5.97 Å². The van der Waals surface area contributed by atoms with Crippen LogP contribution in [0.5, 0.6) is 0 Å². The van der Waals surface area contributed by atoms with Crippen LogP contribution in [0.25, 0.3) is 0 Å². The van der Waals surface area contributed by atoms with Crippen molar-refractivity contribution in [3.8, 4) is 0 Å². The molecule has 0 saturated carbocycles. The number of hydrogen-bond donors (Lipinski definition) is 1. The number of nitrogen functional groups attached to an aromatic ring is 1. The molecule has 1 aromatic carbocycles. The Kier molecular flexibility index (Phi) is 4.16. The molecule has 6 heteroatoms. The number of anilines is 2. The Balaban J connectivity index is 2.33. The number of aryl methyl sites for hydroxylation is 2. The first kappa shape index (κ1) is 14.9. The van der Waals surface area contributed by atoms with Crippen molar-refractivity contribution in [2.75, 3.05) is 24.8 Å². The van der Waals surface area contributed by atoms with Crippen molar-refractivity contribution in [1.29, 1.82) is 0 Å². The predicted molar refractivity (Wildman–Crippen MR) is 82.2 cm³/mol. The van der Waals surface area contributed by atoms with E-state index in [2.05, 4.69) is 4.98 Å². The summed E-state index contributed by atoms with van der Waals surface area (Å²) in [5.41, 5.74) is 8.54. The summed E-state index contributed by atoms with van der Waals surface area (Å²) in [7, 11) is 5.24. The molecule has 21 heavy (non-hydrogen) atoms. The minimum Gasteiger partial charge on any atom is -0.465 e. The van der Waals surface area contributed by atoms with E-state index in [1.165, 1.54) is 7.11 Å². The summed E-state index contributed by atoms with van der Waals surface area (Å²) in [6.07, 6.45) is 3.66. The van der Waals surface area contributed by atoms with Crippen molar-refractivity contribution in [2.45, 2.75) is 13.5 Å². The summed E-state index contributed by atoms with van der Waals surface area (Å²) in [6.45, 7) is 2.51. The number of benzene rings is 1. The van der Waals surface area contributed by atoms with Crippen molar-refractivity contribution in [2.24, 2.45) is 7.05 Å². The molecule has 2 N–H and O–H groups in total. The monoisotopic (exact) mass is 288 g/mol. The maximum atomic E-state index is 11.8. The molecule has 0 atom stereocenters. The van der Waals surface area contributed by atoms with Gasteiger partial charge in [-0.05, 0) is 24.6 Å². The molecule has 112 valence electrons. The molecule has 6 nitrogen and oxygen atoms in total. The molecule has 0 spiro atoms. The third kappa shape index (κ3) is 2.99. The highest BCUT2D eigenvalue weighted by atomic mass is 16.5. The first-order chi connectivity index (χ1) is 9.93. The number of nitrogens with zero attached hydrogens (tertiary/aromatic N) is 3. The van der Waals surface area contributed by atoms with Crippen molar-refractivity contribution in [3.63, 3.8) is 0 Å². The zero-order valence-corrected chi connectivity index (χ0v) is 12.8. The quantitative estimate of drug-likeness (QED) is 0.685. The second-order valence-corrected chi connectivity index (χ2v) is 5.03. The van der Waals surface area contributed by atoms with E-state index in [9.17, 15) is 4.79 Å². The van der Waals surface area contributed by atoms with Gasteiger partial charge in [-0.25, -0.2) is 9.78 Å². The zero-order chi connectivity index (χ0) is 15.6. The highest BCUT2D eigenvalue weighted by molar-refractivity contribution is 5.97. The lowest BCUT2D eigenvalue weighted by molar-refractivity contribution is 0.0602. The topological polar surface area (TPSA) is 73.4 Å². The fourth-order valence-electron chi connectivity index (χ4n) is 2.13. The highest BCUT2D eigenvalue weighted by Crippen LogP contribution is 2.26. The molecular formula is C15H20N4O2. The Morgan fingerprint density at radius 3 is 2.76 bits per heavy atom. The molecule has 0 aliphatic heterocycles. The van der Waals surface area contributed by atoms with E-state index in [1.807, 2.05) is 42.7 Å². The molecule has 2 aromatic rings. The van der Waals surface area contributed by atoms with Gasteiger partial charge < -0.3 is 19.9 Å². The van der Waals surface area contributed by atoms with Gasteiger partial charge in [0.15, 0.2) is 0 Å². The van der Waals surface area contributed by atoms with E-state index >= 15 is 0 Å². The third-order valence-corrected chi connectivity index (χ3v) is 3.52. The van der Waals surface area contributed by atoms with Crippen molar-refractivity contribution in [3.05, 3.63) is 41.5 Å². The maximum Gasteiger partial charge on any atom is 0.340 e. The highest BCUT2D eigenvalue weighted by Gasteiger charge is 2.15. The number of rotatable bonds is 4. The number of imidazole rings is 1. The average molecular weight is 288 g/mol. The fourth-order valence-corrected chi connectivity index (χ4v) is 2.13. The first-order valence-corrected chi connectivity index (χ1v) is 6.59. The molecule has 0 saturated heterocycles. The van der Waals surface area contributed by atoms with Crippen LogP contribution in [0.2, 0.25) is 0 Å². The van der Waals surface area contributed by atoms with Crippen LogP contribution in [0.1, 0.15) is 21.7 Å². The standard InChI is InChI=1S/C15H20N4O2/c1-10-7-11(8-12(14(10)16)15(20)21-4)19(3)9-13-17-5-6-18(13)2/h5-8H,9,16H2,1-4H3. The van der Waals surface area contributed by atoms with Crippen LogP contribution in [0.4, 0.5) is 11.4 Å². The molecule has 0 aliphatic carbocycles. The van der Waals surface area contributed by atoms with Crippen molar-refractivity contribution >= 4 is 17.3 Å². The van der Waals surface area contributed by atoms with E-state index in [4.69, 9.17) is 10.5 Å². The normalized spacial score (nSPS) is 10.5. The molecule has 0 amide bonds. The number of ether oxygens (including phenoxy) is 1. The molecule has 2 rings (SSSR count). The van der Waals surface area contributed by atoms with E-state index in [-0.39, 0.29) is 0 Å². The van der Waals surface area contributed by atoms with Crippen LogP contribution >= 0.6 is 0 Å². The van der Waals surface area contributed by atoms with E-state index in [0.29, 0.717) is 17.8 Å². The van der Waals surface area contributed by atoms with Crippen LogP contribution < -0.4 is 10.6 Å². The summed E-state index contributed by atoms with van der Waals surface area (Å²) in [5, 5.41) is 0. The van der Waals surface area contributed by atoms with Crippen molar-refractivity contribution < 1.29 is 9.53 Å². The second-order valence-electron chi connectivity index (χ2n) is 5.03. The summed E-state index contributed by atoms with van der Waals surface area (Å²) >= 11 is 0. The third-order valence-electron chi connectivity index (χ3n) is 3.52. The lowest BCUT2D eigenvalue weighted by Gasteiger charge is -2.21. The average Bonchev–Trinajstić information content (AvgIpc) is 2.86. The van der Waals surface area contributed by atoms with Crippen LogP contribution in [-0.2, 0) is 18.3 Å². The van der Waals surface area contributed by atoms with Gasteiger partial charge in [0.1, 0.15) is 5.82 Å². The largest absolute Gasteiger partial charge is 0.465 e. The van der Waals surface area contributed by atoms with Gasteiger partial charge in [-0.2, -0.15) is 0 Å². The van der Waals surface area contributed by atoms with Gasteiger partial charge in [0, 0.05) is 37.9 Å². The lowest BCUT2D eigenvalue weighted by Crippen LogP contribution is -2.20. The minimum absolute atomic E-state index is 0.388. The number of esters is 1. The molecule has 0 aliphatic rings. The van der Waals surface area contributed by atoms with Crippen LogP contribution in [0.3, 0.4) is 0 Å². The Hall–Kier alpha value is -2.50. The molecule has 0 unspecified atom stereocenters. The Bertz CT molecular complexity index is 664. The van der Waals surface area contributed by atoms with E-state index in [0.717, 1.165) is 17.1 Å². The molecule has 0 fully saturated rings. The molecule has 1 heterocycles. The van der Waals surface area contributed by atoms with Crippen LogP contribution in [0, 0.1) is 6.92 Å². The smallest absolute Gasteiger partial charge is 0.340 e. The number of carbonyl (C=O) groups excluding carboxylic acids is 1. The Morgan fingerprint density at radius 1 is 1.48 bits per heavy atom. The molecule has 1 aromatic heterocycles. The summed E-state index contributed by atoms with van der Waals surface area (Å²) in [6, 6.07) is 3.70. The van der Waals surface area contributed by atoms with Gasteiger partial charge >= 0.3 is 5.97 Å². The summed E-state index contributed by atoms with van der Waals surface area (Å²) in [5.74, 6) is 0.509. The number of hydrogen-bond acceptors (Lipinski definition) is 5.